The number of rotatable bonds is 5. The average Bonchev–Trinajstić information content (AvgIpc) is 2.26. The minimum Gasteiger partial charge on any atom is -0.478 e. The highest BCUT2D eigenvalue weighted by molar-refractivity contribution is 6.33. The SMILES string of the molecule is CCC(Nc1ncc(C(=O)O)cc1Cl)C(C)C. The fraction of sp³-hybridized carbons (Fsp3) is 0.500. The van der Waals surface area contributed by atoms with Gasteiger partial charge in [0.25, 0.3) is 0 Å². The Morgan fingerprint density at radius 3 is 2.65 bits per heavy atom. The van der Waals surface area contributed by atoms with Gasteiger partial charge >= 0.3 is 5.97 Å². The van der Waals surface area contributed by atoms with Crippen molar-refractivity contribution < 1.29 is 9.90 Å². The Kier molecular flexibility index (Phi) is 4.75. The summed E-state index contributed by atoms with van der Waals surface area (Å²) in [5.74, 6) is -0.0314. The van der Waals surface area contributed by atoms with E-state index in [1.165, 1.54) is 12.3 Å². The smallest absolute Gasteiger partial charge is 0.337 e. The van der Waals surface area contributed by atoms with Crippen LogP contribution in [0.25, 0.3) is 0 Å². The number of carboxylic acid groups (broad SMARTS) is 1. The van der Waals surface area contributed by atoms with E-state index in [2.05, 4.69) is 31.1 Å². The molecule has 17 heavy (non-hydrogen) atoms. The average molecular weight is 257 g/mol. The molecule has 0 fully saturated rings. The summed E-state index contributed by atoms with van der Waals surface area (Å²) in [6, 6.07) is 1.68. The van der Waals surface area contributed by atoms with Crippen LogP contribution in [-0.4, -0.2) is 22.1 Å². The molecule has 0 aliphatic carbocycles. The van der Waals surface area contributed by atoms with Crippen LogP contribution in [0.2, 0.25) is 5.02 Å². The van der Waals surface area contributed by atoms with E-state index in [-0.39, 0.29) is 11.6 Å². The van der Waals surface area contributed by atoms with Crippen LogP contribution in [0.4, 0.5) is 5.82 Å². The molecule has 0 radical (unpaired) electrons. The van der Waals surface area contributed by atoms with Crippen molar-refractivity contribution in [1.82, 2.24) is 4.98 Å². The first-order valence-corrected chi connectivity index (χ1v) is 5.98. The molecule has 0 saturated heterocycles. The fourth-order valence-corrected chi connectivity index (χ4v) is 1.80. The van der Waals surface area contributed by atoms with E-state index in [1.54, 1.807) is 0 Å². The highest BCUT2D eigenvalue weighted by Gasteiger charge is 2.14. The summed E-state index contributed by atoms with van der Waals surface area (Å²) in [5, 5.41) is 12.4. The number of carbonyl (C=O) groups is 1. The monoisotopic (exact) mass is 256 g/mol. The number of hydrogen-bond donors (Lipinski definition) is 2. The number of carboxylic acids is 1. The van der Waals surface area contributed by atoms with Gasteiger partial charge in [0.05, 0.1) is 10.6 Å². The highest BCUT2D eigenvalue weighted by atomic mass is 35.5. The lowest BCUT2D eigenvalue weighted by atomic mass is 10.0. The third-order valence-corrected chi connectivity index (χ3v) is 2.94. The van der Waals surface area contributed by atoms with Crippen molar-refractivity contribution in [3.05, 3.63) is 22.8 Å². The normalized spacial score (nSPS) is 12.5. The summed E-state index contributed by atoms with van der Waals surface area (Å²) in [6.45, 7) is 6.30. The van der Waals surface area contributed by atoms with Gasteiger partial charge in [-0.1, -0.05) is 32.4 Å². The first-order chi connectivity index (χ1) is 7.95. The van der Waals surface area contributed by atoms with Crippen LogP contribution in [0.1, 0.15) is 37.6 Å². The molecule has 0 aliphatic rings. The van der Waals surface area contributed by atoms with E-state index in [0.29, 0.717) is 16.8 Å². The van der Waals surface area contributed by atoms with Gasteiger partial charge in [0.1, 0.15) is 5.82 Å². The predicted octanol–water partition coefficient (Wildman–Crippen LogP) is 3.28. The summed E-state index contributed by atoms with van der Waals surface area (Å²) in [4.78, 5) is 14.8. The Morgan fingerprint density at radius 1 is 1.59 bits per heavy atom. The molecule has 0 amide bonds. The van der Waals surface area contributed by atoms with Gasteiger partial charge in [0.15, 0.2) is 0 Å². The predicted molar refractivity (Wildman–Crippen MR) is 68.7 cm³/mol. The van der Waals surface area contributed by atoms with Crippen molar-refractivity contribution >= 4 is 23.4 Å². The van der Waals surface area contributed by atoms with Gasteiger partial charge in [-0.05, 0) is 18.4 Å². The van der Waals surface area contributed by atoms with E-state index in [9.17, 15) is 4.79 Å². The van der Waals surface area contributed by atoms with Crippen LogP contribution >= 0.6 is 11.6 Å². The molecule has 94 valence electrons. The van der Waals surface area contributed by atoms with Gasteiger partial charge in [0, 0.05) is 12.2 Å². The van der Waals surface area contributed by atoms with Gasteiger partial charge in [-0.25, -0.2) is 9.78 Å². The number of anilines is 1. The molecule has 0 aliphatic heterocycles. The maximum absolute atomic E-state index is 10.7. The van der Waals surface area contributed by atoms with Crippen molar-refractivity contribution in [2.24, 2.45) is 5.92 Å². The number of pyridine rings is 1. The number of aromatic carboxylic acids is 1. The Bertz CT molecular complexity index is 407. The third-order valence-electron chi connectivity index (χ3n) is 2.65. The molecule has 2 N–H and O–H groups in total. The van der Waals surface area contributed by atoms with Crippen molar-refractivity contribution in [2.75, 3.05) is 5.32 Å². The maximum Gasteiger partial charge on any atom is 0.337 e. The fourth-order valence-electron chi connectivity index (χ4n) is 1.58. The summed E-state index contributed by atoms with van der Waals surface area (Å²) >= 11 is 5.99. The van der Waals surface area contributed by atoms with E-state index in [1.807, 2.05) is 0 Å². The molecule has 0 aromatic carbocycles. The molecule has 1 unspecified atom stereocenters. The Balaban J connectivity index is 2.89. The second-order valence-corrected chi connectivity index (χ2v) is 4.67. The number of nitrogens with zero attached hydrogens (tertiary/aromatic N) is 1. The van der Waals surface area contributed by atoms with Crippen LogP contribution < -0.4 is 5.32 Å². The van der Waals surface area contributed by atoms with Crippen LogP contribution in [0.15, 0.2) is 12.3 Å². The molecular weight excluding hydrogens is 240 g/mol. The van der Waals surface area contributed by atoms with Crippen LogP contribution in [0.5, 0.6) is 0 Å². The van der Waals surface area contributed by atoms with E-state index in [4.69, 9.17) is 16.7 Å². The summed E-state index contributed by atoms with van der Waals surface area (Å²) in [5.41, 5.74) is 0.0955. The largest absolute Gasteiger partial charge is 0.478 e. The zero-order chi connectivity index (χ0) is 13.0. The Hall–Kier alpha value is -1.29. The van der Waals surface area contributed by atoms with Gasteiger partial charge < -0.3 is 10.4 Å². The zero-order valence-corrected chi connectivity index (χ0v) is 11.0. The highest BCUT2D eigenvalue weighted by Crippen LogP contribution is 2.23. The number of hydrogen-bond acceptors (Lipinski definition) is 3. The van der Waals surface area contributed by atoms with Gasteiger partial charge in [0.2, 0.25) is 0 Å². The lowest BCUT2D eigenvalue weighted by Gasteiger charge is -2.21. The molecule has 5 heteroatoms. The molecule has 1 atom stereocenters. The minimum absolute atomic E-state index is 0.0955. The number of aromatic nitrogens is 1. The summed E-state index contributed by atoms with van der Waals surface area (Å²) < 4.78 is 0. The second-order valence-electron chi connectivity index (χ2n) is 4.26. The van der Waals surface area contributed by atoms with E-state index < -0.39 is 5.97 Å². The molecule has 1 heterocycles. The first kappa shape index (κ1) is 13.8. The topological polar surface area (TPSA) is 62.2 Å². The summed E-state index contributed by atoms with van der Waals surface area (Å²) in [7, 11) is 0. The van der Waals surface area contributed by atoms with Gasteiger partial charge in [-0.15, -0.1) is 0 Å². The lowest BCUT2D eigenvalue weighted by molar-refractivity contribution is 0.0696. The first-order valence-electron chi connectivity index (χ1n) is 5.61. The van der Waals surface area contributed by atoms with Crippen molar-refractivity contribution in [2.45, 2.75) is 33.2 Å². The molecular formula is C12H17ClN2O2. The minimum atomic E-state index is -1.03. The lowest BCUT2D eigenvalue weighted by Crippen LogP contribution is -2.25. The molecule has 1 aromatic heterocycles. The van der Waals surface area contributed by atoms with Crippen molar-refractivity contribution in [1.29, 1.82) is 0 Å². The van der Waals surface area contributed by atoms with E-state index in [0.717, 1.165) is 6.42 Å². The second kappa shape index (κ2) is 5.87. The molecule has 1 rings (SSSR count). The van der Waals surface area contributed by atoms with Crippen molar-refractivity contribution in [3.63, 3.8) is 0 Å². The van der Waals surface area contributed by atoms with Gasteiger partial charge in [-0.2, -0.15) is 0 Å². The van der Waals surface area contributed by atoms with Crippen LogP contribution in [-0.2, 0) is 0 Å². The Morgan fingerprint density at radius 2 is 2.24 bits per heavy atom. The standard InChI is InChI=1S/C12H17ClN2O2/c1-4-10(7(2)3)15-11-9(13)5-8(6-14-11)12(16)17/h5-7,10H,4H2,1-3H3,(H,14,15)(H,16,17). The maximum atomic E-state index is 10.7. The number of nitrogens with one attached hydrogen (secondary N) is 1. The molecule has 1 aromatic rings. The van der Waals surface area contributed by atoms with Crippen molar-refractivity contribution in [3.8, 4) is 0 Å². The summed E-state index contributed by atoms with van der Waals surface area (Å²) in [6.07, 6.45) is 2.26. The van der Waals surface area contributed by atoms with Crippen LogP contribution in [0.3, 0.4) is 0 Å². The van der Waals surface area contributed by atoms with Crippen LogP contribution in [0, 0.1) is 5.92 Å². The molecule has 0 saturated carbocycles. The molecule has 4 nitrogen and oxygen atoms in total. The number of halogens is 1. The van der Waals surface area contributed by atoms with Gasteiger partial charge in [-0.3, -0.25) is 0 Å². The zero-order valence-electron chi connectivity index (χ0n) is 10.2. The molecule has 0 bridgehead atoms. The van der Waals surface area contributed by atoms with E-state index >= 15 is 0 Å². The molecule has 0 spiro atoms. The quantitative estimate of drug-likeness (QED) is 0.849. The Labute approximate surface area is 106 Å². The third kappa shape index (κ3) is 3.60.